The van der Waals surface area contributed by atoms with Crippen LogP contribution in [-0.2, 0) is 0 Å². The van der Waals surface area contributed by atoms with Crippen LogP contribution in [0.25, 0.3) is 0 Å². The maximum Gasteiger partial charge on any atom is 0.119 e. The van der Waals surface area contributed by atoms with E-state index in [1.54, 1.807) is 0 Å². The van der Waals surface area contributed by atoms with E-state index in [2.05, 4.69) is 30.9 Å². The summed E-state index contributed by atoms with van der Waals surface area (Å²) in [4.78, 5) is 2.41. The lowest BCUT2D eigenvalue weighted by atomic mass is 9.79. The van der Waals surface area contributed by atoms with Crippen LogP contribution in [0, 0.1) is 5.92 Å². The lowest BCUT2D eigenvalue weighted by Crippen LogP contribution is -2.54. The molecule has 1 aliphatic rings. The maximum atomic E-state index is 9.56. The first-order valence-corrected chi connectivity index (χ1v) is 7.21. The molecule has 1 atom stereocenters. The number of ether oxygens (including phenoxy) is 1. The summed E-state index contributed by atoms with van der Waals surface area (Å²) in [7, 11) is 0. The van der Waals surface area contributed by atoms with Gasteiger partial charge < -0.3 is 14.7 Å². The summed E-state index contributed by atoms with van der Waals surface area (Å²) in [5.41, 5.74) is 1.21. The molecule has 3 nitrogen and oxygen atoms in total. The smallest absolute Gasteiger partial charge is 0.119 e. The highest BCUT2D eigenvalue weighted by Gasteiger charge is 2.38. The fourth-order valence-electron chi connectivity index (χ4n) is 3.02. The van der Waals surface area contributed by atoms with Gasteiger partial charge in [0.05, 0.1) is 6.61 Å². The molecule has 1 aromatic rings. The highest BCUT2D eigenvalue weighted by molar-refractivity contribution is 5.51. The second-order valence-corrected chi connectivity index (χ2v) is 5.75. The molecule has 2 rings (SSSR count). The van der Waals surface area contributed by atoms with Gasteiger partial charge >= 0.3 is 0 Å². The topological polar surface area (TPSA) is 32.7 Å². The Bertz CT molecular complexity index is 400. The van der Waals surface area contributed by atoms with E-state index in [0.29, 0.717) is 12.5 Å². The van der Waals surface area contributed by atoms with Gasteiger partial charge in [-0.2, -0.15) is 0 Å². The Labute approximate surface area is 116 Å². The van der Waals surface area contributed by atoms with Crippen LogP contribution in [0.3, 0.4) is 0 Å². The molecule has 106 valence electrons. The Morgan fingerprint density at radius 2 is 2.00 bits per heavy atom. The van der Waals surface area contributed by atoms with E-state index in [1.165, 1.54) is 5.69 Å². The Hall–Kier alpha value is -1.22. The van der Waals surface area contributed by atoms with Crippen molar-refractivity contribution in [2.75, 3.05) is 24.7 Å². The van der Waals surface area contributed by atoms with E-state index in [0.717, 1.165) is 25.1 Å². The molecule has 1 heterocycles. The van der Waals surface area contributed by atoms with Gasteiger partial charge in [0.2, 0.25) is 0 Å². The molecular formula is C16H25NO2. The number of hydrogen-bond donors (Lipinski definition) is 1. The third kappa shape index (κ3) is 2.86. The third-order valence-corrected chi connectivity index (χ3v) is 4.31. The summed E-state index contributed by atoms with van der Waals surface area (Å²) in [5, 5.41) is 9.56. The number of aliphatic hydroxyl groups is 1. The van der Waals surface area contributed by atoms with Gasteiger partial charge in [0.25, 0.3) is 0 Å². The molecule has 1 saturated heterocycles. The average molecular weight is 263 g/mol. The Morgan fingerprint density at radius 3 is 2.58 bits per heavy atom. The first kappa shape index (κ1) is 14.2. The molecule has 1 aliphatic heterocycles. The van der Waals surface area contributed by atoms with Crippen LogP contribution in [0.2, 0.25) is 0 Å². The molecule has 0 aromatic heterocycles. The first-order chi connectivity index (χ1) is 9.09. The number of rotatable bonds is 4. The minimum atomic E-state index is 0.000129. The maximum absolute atomic E-state index is 9.56. The summed E-state index contributed by atoms with van der Waals surface area (Å²) in [6.45, 7) is 8.46. The molecular weight excluding hydrogens is 238 g/mol. The molecule has 1 N–H and O–H groups in total. The van der Waals surface area contributed by atoms with Gasteiger partial charge in [0.1, 0.15) is 5.75 Å². The van der Waals surface area contributed by atoms with Crippen molar-refractivity contribution in [3.63, 3.8) is 0 Å². The quantitative estimate of drug-likeness (QED) is 0.906. The van der Waals surface area contributed by atoms with E-state index < -0.39 is 0 Å². The van der Waals surface area contributed by atoms with E-state index in [1.807, 2.05) is 19.1 Å². The monoisotopic (exact) mass is 263 g/mol. The molecule has 0 saturated carbocycles. The van der Waals surface area contributed by atoms with Crippen molar-refractivity contribution in [2.45, 2.75) is 39.2 Å². The van der Waals surface area contributed by atoms with Gasteiger partial charge in [0.15, 0.2) is 0 Å². The Kier molecular flexibility index (Phi) is 4.35. The zero-order valence-corrected chi connectivity index (χ0v) is 12.2. The van der Waals surface area contributed by atoms with E-state index in [4.69, 9.17) is 4.74 Å². The zero-order valence-electron chi connectivity index (χ0n) is 12.2. The van der Waals surface area contributed by atoms with E-state index in [9.17, 15) is 5.11 Å². The summed E-state index contributed by atoms with van der Waals surface area (Å²) >= 11 is 0. The molecule has 0 bridgehead atoms. The summed E-state index contributed by atoms with van der Waals surface area (Å²) in [6.07, 6.45) is 2.25. The molecule has 1 fully saturated rings. The van der Waals surface area contributed by atoms with Crippen LogP contribution >= 0.6 is 0 Å². The molecule has 1 unspecified atom stereocenters. The number of aliphatic hydroxyl groups excluding tert-OH is 1. The molecule has 0 spiro atoms. The van der Waals surface area contributed by atoms with Gasteiger partial charge in [-0.3, -0.25) is 0 Å². The third-order valence-electron chi connectivity index (χ3n) is 4.31. The summed E-state index contributed by atoms with van der Waals surface area (Å²) < 4.78 is 5.48. The fraction of sp³-hybridized carbons (Fsp3) is 0.625. The molecule has 19 heavy (non-hydrogen) atoms. The van der Waals surface area contributed by atoms with Gasteiger partial charge in [-0.1, -0.05) is 0 Å². The molecule has 0 radical (unpaired) electrons. The Balaban J connectivity index is 2.19. The Morgan fingerprint density at radius 1 is 1.32 bits per heavy atom. The van der Waals surface area contributed by atoms with Crippen LogP contribution in [0.15, 0.2) is 24.3 Å². The van der Waals surface area contributed by atoms with Crippen molar-refractivity contribution >= 4 is 5.69 Å². The lowest BCUT2D eigenvalue weighted by Gasteiger charge is -2.49. The number of piperidine rings is 1. The van der Waals surface area contributed by atoms with Crippen LogP contribution in [0.4, 0.5) is 5.69 Å². The van der Waals surface area contributed by atoms with Crippen LogP contribution in [0.1, 0.15) is 33.6 Å². The van der Waals surface area contributed by atoms with Crippen LogP contribution in [-0.4, -0.2) is 30.4 Å². The summed E-state index contributed by atoms with van der Waals surface area (Å²) in [5.74, 6) is 1.26. The fourth-order valence-corrected chi connectivity index (χ4v) is 3.02. The number of nitrogens with zero attached hydrogens (tertiary/aromatic N) is 1. The van der Waals surface area contributed by atoms with Crippen LogP contribution < -0.4 is 9.64 Å². The standard InChI is InChI=1S/C16H25NO2/c1-4-19-15-9-7-14(8-10-15)17-11-5-6-13(12-18)16(17,2)3/h7-10,13,18H,4-6,11-12H2,1-3H3. The first-order valence-electron chi connectivity index (χ1n) is 7.21. The second kappa shape index (κ2) is 5.83. The van der Waals surface area contributed by atoms with Crippen LogP contribution in [0.5, 0.6) is 5.75 Å². The van der Waals surface area contributed by atoms with Gasteiger partial charge in [-0.05, 0) is 57.9 Å². The lowest BCUT2D eigenvalue weighted by molar-refractivity contribution is 0.136. The van der Waals surface area contributed by atoms with E-state index in [-0.39, 0.29) is 12.1 Å². The minimum Gasteiger partial charge on any atom is -0.494 e. The van der Waals surface area contributed by atoms with Gasteiger partial charge in [-0.15, -0.1) is 0 Å². The number of anilines is 1. The van der Waals surface area contributed by atoms with Crippen molar-refractivity contribution in [2.24, 2.45) is 5.92 Å². The van der Waals surface area contributed by atoms with E-state index >= 15 is 0 Å². The largest absolute Gasteiger partial charge is 0.494 e. The molecule has 1 aromatic carbocycles. The van der Waals surface area contributed by atoms with Crippen molar-refractivity contribution in [1.29, 1.82) is 0 Å². The normalized spacial score (nSPS) is 22.3. The minimum absolute atomic E-state index is 0.000129. The number of benzene rings is 1. The molecule has 0 aliphatic carbocycles. The predicted octanol–water partition coefficient (Wildman–Crippen LogP) is 3.07. The molecule has 0 amide bonds. The zero-order chi connectivity index (χ0) is 13.9. The average Bonchev–Trinajstić information content (AvgIpc) is 2.40. The second-order valence-electron chi connectivity index (χ2n) is 5.75. The SMILES string of the molecule is CCOc1ccc(N2CCCC(CO)C2(C)C)cc1. The number of hydrogen-bond acceptors (Lipinski definition) is 3. The van der Waals surface area contributed by atoms with Crippen molar-refractivity contribution in [3.8, 4) is 5.75 Å². The highest BCUT2D eigenvalue weighted by atomic mass is 16.5. The predicted molar refractivity (Wildman–Crippen MR) is 78.8 cm³/mol. The van der Waals surface area contributed by atoms with Crippen molar-refractivity contribution in [1.82, 2.24) is 0 Å². The van der Waals surface area contributed by atoms with Crippen molar-refractivity contribution in [3.05, 3.63) is 24.3 Å². The van der Waals surface area contributed by atoms with Crippen molar-refractivity contribution < 1.29 is 9.84 Å². The van der Waals surface area contributed by atoms with Gasteiger partial charge in [0, 0.05) is 30.3 Å². The summed E-state index contributed by atoms with van der Waals surface area (Å²) in [6, 6.07) is 8.29. The van der Waals surface area contributed by atoms with Gasteiger partial charge in [-0.25, -0.2) is 0 Å². The highest BCUT2D eigenvalue weighted by Crippen LogP contribution is 2.37. The molecule has 3 heteroatoms.